The first-order chi connectivity index (χ1) is 8.04. The number of nitrogens with zero attached hydrogens (tertiary/aromatic N) is 1. The second kappa shape index (κ2) is 4.57. The third-order valence-electron chi connectivity index (χ3n) is 3.58. The molecule has 2 N–H and O–H groups in total. The van der Waals surface area contributed by atoms with E-state index in [1.165, 1.54) is 12.8 Å². The Morgan fingerprint density at radius 1 is 1.41 bits per heavy atom. The van der Waals surface area contributed by atoms with Crippen molar-refractivity contribution >= 4 is 5.69 Å². The predicted octanol–water partition coefficient (Wildman–Crippen LogP) is 2.26. The lowest BCUT2D eigenvalue weighted by Gasteiger charge is -2.32. The molecule has 17 heavy (non-hydrogen) atoms. The molecule has 0 amide bonds. The SMILES string of the molecule is COc1ccccc1N(C)CC(C)(N)C1CC1. The topological polar surface area (TPSA) is 38.5 Å². The van der Waals surface area contributed by atoms with Crippen LogP contribution in [-0.4, -0.2) is 26.2 Å². The van der Waals surface area contributed by atoms with Crippen molar-refractivity contribution in [1.29, 1.82) is 0 Å². The Hall–Kier alpha value is -1.22. The fourth-order valence-corrected chi connectivity index (χ4v) is 2.41. The van der Waals surface area contributed by atoms with Gasteiger partial charge in [-0.05, 0) is 37.8 Å². The number of benzene rings is 1. The number of para-hydroxylation sites is 2. The fraction of sp³-hybridized carbons (Fsp3) is 0.571. The van der Waals surface area contributed by atoms with Crippen molar-refractivity contribution in [2.75, 3.05) is 25.6 Å². The van der Waals surface area contributed by atoms with Crippen LogP contribution in [0.1, 0.15) is 19.8 Å². The molecule has 1 aliphatic carbocycles. The Balaban J connectivity index is 2.10. The van der Waals surface area contributed by atoms with Crippen LogP contribution in [0.4, 0.5) is 5.69 Å². The van der Waals surface area contributed by atoms with Gasteiger partial charge < -0.3 is 15.4 Å². The monoisotopic (exact) mass is 234 g/mol. The van der Waals surface area contributed by atoms with Gasteiger partial charge in [0.2, 0.25) is 0 Å². The lowest BCUT2D eigenvalue weighted by atomic mass is 9.96. The Labute approximate surface area is 104 Å². The van der Waals surface area contributed by atoms with E-state index in [1.54, 1.807) is 7.11 Å². The summed E-state index contributed by atoms with van der Waals surface area (Å²) in [5.41, 5.74) is 7.37. The highest BCUT2D eigenvalue weighted by atomic mass is 16.5. The number of anilines is 1. The average Bonchev–Trinajstić information content (AvgIpc) is 3.12. The maximum atomic E-state index is 6.37. The van der Waals surface area contributed by atoms with Gasteiger partial charge in [-0.15, -0.1) is 0 Å². The predicted molar refractivity (Wildman–Crippen MR) is 71.6 cm³/mol. The van der Waals surface area contributed by atoms with Gasteiger partial charge in [-0.25, -0.2) is 0 Å². The Bertz CT molecular complexity index is 386. The van der Waals surface area contributed by atoms with Crippen molar-refractivity contribution < 1.29 is 4.74 Å². The lowest BCUT2D eigenvalue weighted by molar-refractivity contribution is 0.400. The van der Waals surface area contributed by atoms with Crippen molar-refractivity contribution in [3.8, 4) is 5.75 Å². The van der Waals surface area contributed by atoms with E-state index >= 15 is 0 Å². The van der Waals surface area contributed by atoms with Crippen LogP contribution in [0.15, 0.2) is 24.3 Å². The molecule has 94 valence electrons. The number of nitrogens with two attached hydrogens (primary N) is 1. The first kappa shape index (κ1) is 12.2. The molecule has 0 spiro atoms. The molecule has 0 aliphatic heterocycles. The smallest absolute Gasteiger partial charge is 0.142 e. The molecule has 0 radical (unpaired) electrons. The largest absolute Gasteiger partial charge is 0.495 e. The maximum absolute atomic E-state index is 6.37. The van der Waals surface area contributed by atoms with E-state index in [-0.39, 0.29) is 5.54 Å². The number of likely N-dealkylation sites (N-methyl/N-ethyl adjacent to an activating group) is 1. The minimum absolute atomic E-state index is 0.102. The molecule has 3 nitrogen and oxygen atoms in total. The standard InChI is InChI=1S/C14H22N2O/c1-14(15,11-8-9-11)10-16(2)12-6-4-5-7-13(12)17-3/h4-7,11H,8-10,15H2,1-3H3. The van der Waals surface area contributed by atoms with E-state index in [0.29, 0.717) is 5.92 Å². The van der Waals surface area contributed by atoms with Crippen LogP contribution in [0.25, 0.3) is 0 Å². The number of hydrogen-bond donors (Lipinski definition) is 1. The summed E-state index contributed by atoms with van der Waals surface area (Å²) in [5, 5.41) is 0. The third kappa shape index (κ3) is 2.72. The van der Waals surface area contributed by atoms with Crippen LogP contribution in [-0.2, 0) is 0 Å². The molecular weight excluding hydrogens is 212 g/mol. The number of hydrogen-bond acceptors (Lipinski definition) is 3. The van der Waals surface area contributed by atoms with E-state index in [4.69, 9.17) is 10.5 Å². The Morgan fingerprint density at radius 2 is 2.06 bits per heavy atom. The maximum Gasteiger partial charge on any atom is 0.142 e. The molecular formula is C14H22N2O. The Morgan fingerprint density at radius 3 is 2.65 bits per heavy atom. The number of methoxy groups -OCH3 is 1. The van der Waals surface area contributed by atoms with Crippen molar-refractivity contribution in [2.45, 2.75) is 25.3 Å². The van der Waals surface area contributed by atoms with Crippen LogP contribution >= 0.6 is 0 Å². The van der Waals surface area contributed by atoms with Crippen molar-refractivity contribution in [3.05, 3.63) is 24.3 Å². The van der Waals surface area contributed by atoms with Gasteiger partial charge in [0.15, 0.2) is 0 Å². The summed E-state index contributed by atoms with van der Waals surface area (Å²) < 4.78 is 5.37. The van der Waals surface area contributed by atoms with Gasteiger partial charge in [0.05, 0.1) is 12.8 Å². The van der Waals surface area contributed by atoms with Crippen molar-refractivity contribution in [1.82, 2.24) is 0 Å². The first-order valence-corrected chi connectivity index (χ1v) is 6.17. The minimum atomic E-state index is -0.102. The fourth-order valence-electron chi connectivity index (χ4n) is 2.41. The summed E-state index contributed by atoms with van der Waals surface area (Å²) in [7, 11) is 3.78. The molecule has 1 saturated carbocycles. The van der Waals surface area contributed by atoms with Gasteiger partial charge in [-0.2, -0.15) is 0 Å². The van der Waals surface area contributed by atoms with Gasteiger partial charge in [0.25, 0.3) is 0 Å². The zero-order valence-electron chi connectivity index (χ0n) is 10.9. The summed E-state index contributed by atoms with van der Waals surface area (Å²) in [6, 6.07) is 8.07. The second-order valence-electron chi connectivity index (χ2n) is 5.31. The first-order valence-electron chi connectivity index (χ1n) is 6.17. The van der Waals surface area contributed by atoms with Crippen molar-refractivity contribution in [2.24, 2.45) is 11.7 Å². The van der Waals surface area contributed by atoms with Crippen LogP contribution < -0.4 is 15.4 Å². The van der Waals surface area contributed by atoms with Gasteiger partial charge in [-0.3, -0.25) is 0 Å². The molecule has 1 aromatic carbocycles. The normalized spacial score (nSPS) is 18.6. The molecule has 0 saturated heterocycles. The van der Waals surface area contributed by atoms with Crippen LogP contribution in [0.5, 0.6) is 5.75 Å². The van der Waals surface area contributed by atoms with Crippen LogP contribution in [0.3, 0.4) is 0 Å². The summed E-state index contributed by atoms with van der Waals surface area (Å²) in [6.07, 6.45) is 2.54. The van der Waals surface area contributed by atoms with E-state index in [9.17, 15) is 0 Å². The van der Waals surface area contributed by atoms with Gasteiger partial charge in [-0.1, -0.05) is 12.1 Å². The molecule has 1 fully saturated rings. The Kier molecular flexibility index (Phi) is 3.29. The van der Waals surface area contributed by atoms with Crippen LogP contribution in [0.2, 0.25) is 0 Å². The molecule has 1 unspecified atom stereocenters. The second-order valence-corrected chi connectivity index (χ2v) is 5.31. The summed E-state index contributed by atoms with van der Waals surface area (Å²) in [4.78, 5) is 2.19. The highest BCUT2D eigenvalue weighted by molar-refractivity contribution is 5.58. The summed E-state index contributed by atoms with van der Waals surface area (Å²) >= 11 is 0. The average molecular weight is 234 g/mol. The molecule has 0 aromatic heterocycles. The quantitative estimate of drug-likeness (QED) is 0.849. The van der Waals surface area contributed by atoms with E-state index in [2.05, 4.69) is 24.9 Å². The molecule has 0 bridgehead atoms. The van der Waals surface area contributed by atoms with Gasteiger partial charge in [0.1, 0.15) is 5.75 Å². The zero-order chi connectivity index (χ0) is 12.5. The van der Waals surface area contributed by atoms with Gasteiger partial charge >= 0.3 is 0 Å². The summed E-state index contributed by atoms with van der Waals surface area (Å²) in [5.74, 6) is 1.58. The van der Waals surface area contributed by atoms with E-state index < -0.39 is 0 Å². The third-order valence-corrected chi connectivity index (χ3v) is 3.58. The summed E-state index contributed by atoms with van der Waals surface area (Å²) in [6.45, 7) is 3.01. The van der Waals surface area contributed by atoms with E-state index in [0.717, 1.165) is 18.0 Å². The van der Waals surface area contributed by atoms with E-state index in [1.807, 2.05) is 18.2 Å². The molecule has 2 rings (SSSR count). The minimum Gasteiger partial charge on any atom is -0.495 e. The molecule has 1 aliphatic rings. The highest BCUT2D eigenvalue weighted by Gasteiger charge is 2.39. The molecule has 1 aromatic rings. The van der Waals surface area contributed by atoms with Gasteiger partial charge in [0, 0.05) is 19.1 Å². The number of rotatable bonds is 5. The zero-order valence-corrected chi connectivity index (χ0v) is 10.9. The van der Waals surface area contributed by atoms with Crippen LogP contribution in [0, 0.1) is 5.92 Å². The lowest BCUT2D eigenvalue weighted by Crippen LogP contribution is -2.48. The van der Waals surface area contributed by atoms with Crippen molar-refractivity contribution in [3.63, 3.8) is 0 Å². The number of ether oxygens (including phenoxy) is 1. The molecule has 1 atom stereocenters. The molecule has 0 heterocycles. The highest BCUT2D eigenvalue weighted by Crippen LogP contribution is 2.39. The molecule has 3 heteroatoms.